The van der Waals surface area contributed by atoms with Gasteiger partial charge in [-0.15, -0.1) is 0 Å². The van der Waals surface area contributed by atoms with E-state index in [0.29, 0.717) is 6.61 Å². The van der Waals surface area contributed by atoms with Crippen molar-refractivity contribution in [2.75, 3.05) is 13.1 Å². The Morgan fingerprint density at radius 2 is 1.72 bits per heavy atom. The number of halogens is 1. The van der Waals surface area contributed by atoms with Crippen LogP contribution in [0.4, 0.5) is 0 Å². The second kappa shape index (κ2) is 8.48. The Bertz CT molecular complexity index is 700. The molecule has 1 N–H and O–H groups in total. The number of carboxylic acid groups (broad SMARTS) is 1. The minimum Gasteiger partial charge on any atom is -0.480 e. The number of hydrogen-bond acceptors (Lipinski definition) is 3. The van der Waals surface area contributed by atoms with Crippen molar-refractivity contribution in [2.24, 2.45) is 0 Å². The predicted octanol–water partition coefficient (Wildman–Crippen LogP) is 4.42. The Hall–Kier alpha value is -1.88. The summed E-state index contributed by atoms with van der Waals surface area (Å²) in [6.45, 7) is 1.31. The maximum absolute atomic E-state index is 11.0. The summed E-state index contributed by atoms with van der Waals surface area (Å²) in [5.74, 6) is -0.803. The summed E-state index contributed by atoms with van der Waals surface area (Å²) in [6.07, 6.45) is 2.89. The van der Waals surface area contributed by atoms with E-state index in [1.807, 2.05) is 41.3 Å². The number of piperidine rings is 1. The first kappa shape index (κ1) is 17.9. The molecule has 0 saturated carbocycles. The Morgan fingerprint density at radius 3 is 2.36 bits per heavy atom. The molecule has 0 aliphatic carbocycles. The van der Waals surface area contributed by atoms with E-state index >= 15 is 0 Å². The normalized spacial score (nSPS) is 18.2. The Morgan fingerprint density at radius 1 is 1.08 bits per heavy atom. The zero-order chi connectivity index (χ0) is 17.6. The van der Waals surface area contributed by atoms with Gasteiger partial charge in [0, 0.05) is 11.6 Å². The van der Waals surface area contributed by atoms with Gasteiger partial charge < -0.3 is 9.84 Å². The van der Waals surface area contributed by atoms with Gasteiger partial charge in [0.25, 0.3) is 0 Å². The maximum atomic E-state index is 11.0. The van der Waals surface area contributed by atoms with E-state index in [1.54, 1.807) is 0 Å². The van der Waals surface area contributed by atoms with Gasteiger partial charge in [-0.2, -0.15) is 0 Å². The standard InChI is InChI=1S/C20H22ClNO3/c21-18-10-8-17(9-11-18)16-6-4-15(5-7-16)14-25-19-3-1-2-12-22(19)13-20(23)24/h4-11,19H,1-3,12-14H2,(H,23,24). The van der Waals surface area contributed by atoms with Crippen molar-refractivity contribution < 1.29 is 14.6 Å². The van der Waals surface area contributed by atoms with E-state index in [9.17, 15) is 4.79 Å². The van der Waals surface area contributed by atoms with Crippen LogP contribution in [0.15, 0.2) is 48.5 Å². The van der Waals surface area contributed by atoms with Gasteiger partial charge >= 0.3 is 5.97 Å². The molecule has 5 heteroatoms. The molecule has 0 aromatic heterocycles. The third-order valence-corrected chi connectivity index (χ3v) is 4.72. The molecular weight excluding hydrogens is 338 g/mol. The number of ether oxygens (including phenoxy) is 1. The minimum absolute atomic E-state index is 0.0418. The lowest BCUT2D eigenvalue weighted by atomic mass is 10.0. The summed E-state index contributed by atoms with van der Waals surface area (Å²) in [6, 6.07) is 16.0. The molecule has 0 spiro atoms. The zero-order valence-corrected chi connectivity index (χ0v) is 14.8. The number of aliphatic carboxylic acids is 1. The quantitative estimate of drug-likeness (QED) is 0.829. The fourth-order valence-electron chi connectivity index (χ4n) is 3.13. The van der Waals surface area contributed by atoms with Crippen LogP contribution in [0.1, 0.15) is 24.8 Å². The van der Waals surface area contributed by atoms with Gasteiger partial charge in [-0.05, 0) is 48.1 Å². The fourth-order valence-corrected chi connectivity index (χ4v) is 3.26. The molecule has 1 heterocycles. The predicted molar refractivity (Wildman–Crippen MR) is 98.5 cm³/mol. The van der Waals surface area contributed by atoms with E-state index in [4.69, 9.17) is 21.4 Å². The Kier molecular flexibility index (Phi) is 6.08. The molecule has 1 aliphatic rings. The van der Waals surface area contributed by atoms with Crippen molar-refractivity contribution >= 4 is 17.6 Å². The van der Waals surface area contributed by atoms with Gasteiger partial charge in [0.2, 0.25) is 0 Å². The lowest BCUT2D eigenvalue weighted by Crippen LogP contribution is -2.43. The van der Waals surface area contributed by atoms with Gasteiger partial charge in [0.1, 0.15) is 6.23 Å². The van der Waals surface area contributed by atoms with Crippen molar-refractivity contribution in [3.8, 4) is 11.1 Å². The number of rotatable bonds is 6. The highest BCUT2D eigenvalue weighted by molar-refractivity contribution is 6.30. The van der Waals surface area contributed by atoms with Gasteiger partial charge in [0.05, 0.1) is 13.2 Å². The van der Waals surface area contributed by atoms with Crippen molar-refractivity contribution in [3.05, 3.63) is 59.1 Å². The number of benzene rings is 2. The Balaban J connectivity index is 1.59. The molecule has 132 valence electrons. The highest BCUT2D eigenvalue weighted by atomic mass is 35.5. The van der Waals surface area contributed by atoms with Crippen LogP contribution >= 0.6 is 11.6 Å². The van der Waals surface area contributed by atoms with Crippen molar-refractivity contribution in [1.82, 2.24) is 4.90 Å². The molecule has 0 amide bonds. The number of carbonyl (C=O) groups is 1. The van der Waals surface area contributed by atoms with Gasteiger partial charge in [-0.3, -0.25) is 9.69 Å². The van der Waals surface area contributed by atoms with Crippen LogP contribution in [0.25, 0.3) is 11.1 Å². The zero-order valence-electron chi connectivity index (χ0n) is 14.0. The van der Waals surface area contributed by atoms with Gasteiger partial charge in [-0.1, -0.05) is 48.0 Å². The third-order valence-electron chi connectivity index (χ3n) is 4.47. The number of carboxylic acids is 1. The van der Waals surface area contributed by atoms with Gasteiger partial charge in [0.15, 0.2) is 0 Å². The summed E-state index contributed by atoms with van der Waals surface area (Å²) in [7, 11) is 0. The molecule has 1 unspecified atom stereocenters. The molecule has 4 nitrogen and oxygen atoms in total. The second-order valence-electron chi connectivity index (χ2n) is 6.33. The summed E-state index contributed by atoms with van der Waals surface area (Å²) < 4.78 is 5.99. The molecule has 1 fully saturated rings. The summed E-state index contributed by atoms with van der Waals surface area (Å²) >= 11 is 5.93. The molecular formula is C20H22ClNO3. The summed E-state index contributed by atoms with van der Waals surface area (Å²) in [5, 5.41) is 9.75. The number of nitrogens with zero attached hydrogens (tertiary/aromatic N) is 1. The molecule has 1 aliphatic heterocycles. The molecule has 1 saturated heterocycles. The largest absolute Gasteiger partial charge is 0.480 e. The van der Waals surface area contributed by atoms with E-state index in [0.717, 1.165) is 47.5 Å². The SMILES string of the molecule is O=C(O)CN1CCCCC1OCc1ccc(-c2ccc(Cl)cc2)cc1. The summed E-state index contributed by atoms with van der Waals surface area (Å²) in [5.41, 5.74) is 3.33. The van der Waals surface area contributed by atoms with Gasteiger partial charge in [-0.25, -0.2) is 0 Å². The van der Waals surface area contributed by atoms with Crippen LogP contribution < -0.4 is 0 Å². The van der Waals surface area contributed by atoms with Crippen molar-refractivity contribution in [1.29, 1.82) is 0 Å². The third kappa shape index (κ3) is 5.05. The van der Waals surface area contributed by atoms with Crippen LogP contribution in [0.2, 0.25) is 5.02 Å². The van der Waals surface area contributed by atoms with Crippen LogP contribution in [-0.4, -0.2) is 35.3 Å². The van der Waals surface area contributed by atoms with E-state index in [1.165, 1.54) is 0 Å². The molecule has 3 rings (SSSR count). The average Bonchev–Trinajstić information content (AvgIpc) is 2.62. The van der Waals surface area contributed by atoms with Crippen LogP contribution in [0.5, 0.6) is 0 Å². The smallest absolute Gasteiger partial charge is 0.317 e. The Labute approximate surface area is 153 Å². The lowest BCUT2D eigenvalue weighted by Gasteiger charge is -2.34. The minimum atomic E-state index is -0.803. The number of hydrogen-bond donors (Lipinski definition) is 1. The fraction of sp³-hybridized carbons (Fsp3) is 0.350. The first-order valence-electron chi connectivity index (χ1n) is 8.54. The molecule has 0 radical (unpaired) electrons. The molecule has 2 aromatic carbocycles. The molecule has 1 atom stereocenters. The topological polar surface area (TPSA) is 49.8 Å². The average molecular weight is 360 g/mol. The molecule has 25 heavy (non-hydrogen) atoms. The first-order valence-corrected chi connectivity index (χ1v) is 8.92. The maximum Gasteiger partial charge on any atom is 0.317 e. The first-order chi connectivity index (χ1) is 12.1. The molecule has 2 aromatic rings. The van der Waals surface area contributed by atoms with Crippen LogP contribution in [0.3, 0.4) is 0 Å². The lowest BCUT2D eigenvalue weighted by molar-refractivity contribution is -0.146. The number of likely N-dealkylation sites (tertiary alicyclic amines) is 1. The highest BCUT2D eigenvalue weighted by Crippen LogP contribution is 2.23. The van der Waals surface area contributed by atoms with Crippen LogP contribution in [-0.2, 0) is 16.1 Å². The van der Waals surface area contributed by atoms with E-state index in [2.05, 4.69) is 12.1 Å². The van der Waals surface area contributed by atoms with Crippen LogP contribution in [0, 0.1) is 0 Å². The summed E-state index contributed by atoms with van der Waals surface area (Å²) in [4.78, 5) is 12.9. The van der Waals surface area contributed by atoms with Crippen molar-refractivity contribution in [3.63, 3.8) is 0 Å². The molecule has 0 bridgehead atoms. The highest BCUT2D eigenvalue weighted by Gasteiger charge is 2.24. The monoisotopic (exact) mass is 359 g/mol. The second-order valence-corrected chi connectivity index (χ2v) is 6.77. The van der Waals surface area contributed by atoms with Crippen molar-refractivity contribution in [2.45, 2.75) is 32.1 Å². The van der Waals surface area contributed by atoms with E-state index in [-0.39, 0.29) is 12.8 Å². The van der Waals surface area contributed by atoms with E-state index < -0.39 is 5.97 Å².